The molecule has 3 rings (SSSR count). The highest BCUT2D eigenvalue weighted by atomic mass is 79.9. The zero-order chi connectivity index (χ0) is 23.3. The van der Waals surface area contributed by atoms with Crippen LogP contribution >= 0.6 is 27.5 Å². The Kier molecular flexibility index (Phi) is 7.84. The second kappa shape index (κ2) is 10.6. The average Bonchev–Trinajstić information content (AvgIpc) is 2.75. The summed E-state index contributed by atoms with van der Waals surface area (Å²) < 4.78 is 11.1. The molecular formula is C23H20BrClN2O5. The molecule has 0 aromatic heterocycles. The summed E-state index contributed by atoms with van der Waals surface area (Å²) in [6.07, 6.45) is 0. The van der Waals surface area contributed by atoms with Gasteiger partial charge in [-0.05, 0) is 61.0 Å². The molecule has 0 saturated carbocycles. The van der Waals surface area contributed by atoms with Crippen LogP contribution in [-0.2, 0) is 4.74 Å². The van der Waals surface area contributed by atoms with Crippen molar-refractivity contribution < 1.29 is 19.2 Å². The van der Waals surface area contributed by atoms with Gasteiger partial charge in [0.15, 0.2) is 5.78 Å². The molecular weight excluding hydrogens is 500 g/mol. The highest BCUT2D eigenvalue weighted by Crippen LogP contribution is 2.32. The number of nitrogens with zero attached hydrogens (tertiary/aromatic N) is 1. The Morgan fingerprint density at radius 2 is 1.84 bits per heavy atom. The van der Waals surface area contributed by atoms with Crippen LogP contribution in [0, 0.1) is 17.0 Å². The lowest BCUT2D eigenvalue weighted by molar-refractivity contribution is -0.384. The van der Waals surface area contributed by atoms with Gasteiger partial charge in [0, 0.05) is 34.5 Å². The zero-order valence-corrected chi connectivity index (χ0v) is 19.7. The van der Waals surface area contributed by atoms with Gasteiger partial charge in [0.05, 0.1) is 16.6 Å². The molecule has 7 nitrogen and oxygen atoms in total. The molecule has 0 aliphatic rings. The molecule has 0 aliphatic carbocycles. The van der Waals surface area contributed by atoms with Crippen molar-refractivity contribution in [2.75, 3.05) is 25.6 Å². The number of nitrogens with one attached hydrogen (secondary N) is 1. The van der Waals surface area contributed by atoms with E-state index in [2.05, 4.69) is 21.2 Å². The fraction of sp³-hybridized carbons (Fsp3) is 0.174. The van der Waals surface area contributed by atoms with Crippen LogP contribution in [0.25, 0.3) is 0 Å². The minimum atomic E-state index is -0.474. The lowest BCUT2D eigenvalue weighted by atomic mass is 9.98. The first-order valence-corrected chi connectivity index (χ1v) is 10.7. The van der Waals surface area contributed by atoms with Crippen molar-refractivity contribution in [3.8, 4) is 5.75 Å². The minimum Gasteiger partial charge on any atom is -0.491 e. The predicted octanol–water partition coefficient (Wildman–Crippen LogP) is 6.32. The van der Waals surface area contributed by atoms with E-state index < -0.39 is 4.92 Å². The maximum absolute atomic E-state index is 13.0. The Balaban J connectivity index is 1.81. The van der Waals surface area contributed by atoms with Crippen LogP contribution in [0.4, 0.5) is 17.1 Å². The van der Waals surface area contributed by atoms with Gasteiger partial charge in [-0.25, -0.2) is 0 Å². The lowest BCUT2D eigenvalue weighted by Gasteiger charge is -2.12. The Hall–Kier alpha value is -2.94. The Morgan fingerprint density at radius 3 is 2.50 bits per heavy atom. The number of hydrogen-bond acceptors (Lipinski definition) is 6. The molecule has 0 bridgehead atoms. The number of carbonyl (C=O) groups is 1. The molecule has 0 radical (unpaired) electrons. The van der Waals surface area contributed by atoms with Gasteiger partial charge in [-0.2, -0.15) is 0 Å². The fourth-order valence-corrected chi connectivity index (χ4v) is 3.68. The average molecular weight is 520 g/mol. The third-order valence-electron chi connectivity index (χ3n) is 4.65. The third kappa shape index (κ3) is 5.64. The van der Waals surface area contributed by atoms with Gasteiger partial charge in [-0.15, -0.1) is 0 Å². The molecule has 0 fully saturated rings. The second-order valence-electron chi connectivity index (χ2n) is 6.89. The van der Waals surface area contributed by atoms with E-state index in [1.807, 2.05) is 6.92 Å². The van der Waals surface area contributed by atoms with E-state index in [9.17, 15) is 14.9 Å². The molecule has 3 aromatic carbocycles. The third-order valence-corrected chi connectivity index (χ3v) is 5.45. The van der Waals surface area contributed by atoms with Crippen LogP contribution in [-0.4, -0.2) is 31.0 Å². The van der Waals surface area contributed by atoms with Crippen LogP contribution in [0.3, 0.4) is 0 Å². The molecule has 0 spiro atoms. The van der Waals surface area contributed by atoms with Gasteiger partial charge >= 0.3 is 0 Å². The number of rotatable bonds is 9. The van der Waals surface area contributed by atoms with Gasteiger partial charge in [-0.1, -0.05) is 27.5 Å². The van der Waals surface area contributed by atoms with E-state index in [0.29, 0.717) is 45.9 Å². The first-order chi connectivity index (χ1) is 15.3. The SMILES string of the molecule is COCCOc1ccc(C(=O)c2ccc(Nc3ccc(Br)cc3[N+](=O)[O-])cc2Cl)c(C)c1. The number of nitro groups is 1. The highest BCUT2D eigenvalue weighted by molar-refractivity contribution is 9.10. The van der Waals surface area contributed by atoms with Gasteiger partial charge in [0.25, 0.3) is 5.69 Å². The Labute approximate surface area is 198 Å². The number of aryl methyl sites for hydroxylation is 1. The highest BCUT2D eigenvalue weighted by Gasteiger charge is 2.18. The topological polar surface area (TPSA) is 90.7 Å². The van der Waals surface area contributed by atoms with E-state index in [4.69, 9.17) is 21.1 Å². The smallest absolute Gasteiger partial charge is 0.293 e. The van der Waals surface area contributed by atoms with E-state index in [0.717, 1.165) is 5.56 Å². The molecule has 0 aliphatic heterocycles. The maximum Gasteiger partial charge on any atom is 0.293 e. The number of anilines is 2. The van der Waals surface area contributed by atoms with E-state index in [1.54, 1.807) is 55.6 Å². The monoisotopic (exact) mass is 518 g/mol. The number of methoxy groups -OCH3 is 1. The minimum absolute atomic E-state index is 0.0842. The number of benzene rings is 3. The van der Waals surface area contributed by atoms with Crippen molar-refractivity contribution in [2.45, 2.75) is 6.92 Å². The van der Waals surface area contributed by atoms with Crippen LogP contribution in [0.2, 0.25) is 5.02 Å². The number of ether oxygens (including phenoxy) is 2. The molecule has 0 atom stereocenters. The summed E-state index contributed by atoms with van der Waals surface area (Å²) in [5.74, 6) is 0.426. The van der Waals surface area contributed by atoms with E-state index >= 15 is 0 Å². The predicted molar refractivity (Wildman–Crippen MR) is 128 cm³/mol. The van der Waals surface area contributed by atoms with Crippen LogP contribution in [0.5, 0.6) is 5.75 Å². The van der Waals surface area contributed by atoms with E-state index in [-0.39, 0.29) is 16.5 Å². The molecule has 0 heterocycles. The van der Waals surface area contributed by atoms with Gasteiger partial charge in [0.2, 0.25) is 0 Å². The molecule has 0 unspecified atom stereocenters. The second-order valence-corrected chi connectivity index (χ2v) is 8.21. The summed E-state index contributed by atoms with van der Waals surface area (Å²) in [6.45, 7) is 2.71. The molecule has 3 aromatic rings. The summed E-state index contributed by atoms with van der Waals surface area (Å²) in [6, 6.07) is 14.7. The first kappa shape index (κ1) is 23.7. The summed E-state index contributed by atoms with van der Waals surface area (Å²) in [5, 5.41) is 14.5. The largest absolute Gasteiger partial charge is 0.491 e. The standard InChI is InChI=1S/C23H20BrClN2O5/c1-14-11-17(32-10-9-31-2)5-7-18(14)23(28)19-6-4-16(13-20(19)25)26-21-8-3-15(24)12-22(21)27(29)30/h3-8,11-13,26H,9-10H2,1-2H3. The Morgan fingerprint density at radius 1 is 1.09 bits per heavy atom. The number of nitro benzene ring substituents is 1. The quantitative estimate of drug-likeness (QED) is 0.154. The number of ketones is 1. The molecule has 32 heavy (non-hydrogen) atoms. The number of halogens is 2. The van der Waals surface area contributed by atoms with Crippen molar-refractivity contribution in [2.24, 2.45) is 0 Å². The summed E-state index contributed by atoms with van der Waals surface area (Å²) in [7, 11) is 1.60. The normalized spacial score (nSPS) is 10.6. The van der Waals surface area contributed by atoms with Crippen LogP contribution < -0.4 is 10.1 Å². The molecule has 9 heteroatoms. The lowest BCUT2D eigenvalue weighted by Crippen LogP contribution is -2.07. The first-order valence-electron chi connectivity index (χ1n) is 9.57. The van der Waals surface area contributed by atoms with Crippen LogP contribution in [0.1, 0.15) is 21.5 Å². The van der Waals surface area contributed by atoms with Crippen molar-refractivity contribution in [1.29, 1.82) is 0 Å². The summed E-state index contributed by atoms with van der Waals surface area (Å²) >= 11 is 9.63. The van der Waals surface area contributed by atoms with Gasteiger partial charge in [0.1, 0.15) is 18.0 Å². The number of carbonyl (C=O) groups excluding carboxylic acids is 1. The molecule has 0 saturated heterocycles. The molecule has 1 N–H and O–H groups in total. The Bertz CT molecular complexity index is 1170. The van der Waals surface area contributed by atoms with Crippen molar-refractivity contribution >= 4 is 50.4 Å². The summed E-state index contributed by atoms with van der Waals surface area (Å²) in [4.78, 5) is 23.9. The van der Waals surface area contributed by atoms with E-state index in [1.165, 1.54) is 6.07 Å². The van der Waals surface area contributed by atoms with Gasteiger partial charge in [-0.3, -0.25) is 14.9 Å². The fourth-order valence-electron chi connectivity index (χ4n) is 3.06. The maximum atomic E-state index is 13.0. The number of hydrogen-bond donors (Lipinski definition) is 1. The molecule has 0 amide bonds. The van der Waals surface area contributed by atoms with Gasteiger partial charge < -0.3 is 14.8 Å². The molecule has 166 valence electrons. The van der Waals surface area contributed by atoms with Crippen LogP contribution in [0.15, 0.2) is 59.1 Å². The van der Waals surface area contributed by atoms with Crippen molar-refractivity contribution in [1.82, 2.24) is 0 Å². The zero-order valence-electron chi connectivity index (χ0n) is 17.4. The summed E-state index contributed by atoms with van der Waals surface area (Å²) in [5.41, 5.74) is 2.35. The van der Waals surface area contributed by atoms with Crippen molar-refractivity contribution in [3.05, 3.63) is 90.9 Å². The van der Waals surface area contributed by atoms with Crippen molar-refractivity contribution in [3.63, 3.8) is 0 Å².